The van der Waals surface area contributed by atoms with E-state index in [-0.39, 0.29) is 0 Å². The van der Waals surface area contributed by atoms with Crippen LogP contribution >= 0.6 is 11.6 Å². The highest BCUT2D eigenvalue weighted by Crippen LogP contribution is 2.27. The Morgan fingerprint density at radius 2 is 2.14 bits per heavy atom. The third kappa shape index (κ3) is 3.41. The van der Waals surface area contributed by atoms with Crippen LogP contribution in [0.1, 0.15) is 13.3 Å². The molecule has 0 spiro atoms. The van der Waals surface area contributed by atoms with Gasteiger partial charge in [0.15, 0.2) is 0 Å². The number of carbonyl (C=O) groups excluding carboxylic acids is 1. The number of aliphatic carboxylic acids is 1. The van der Waals surface area contributed by atoms with Crippen LogP contribution in [-0.2, 0) is 4.79 Å². The number of anilines is 1. The second kappa shape index (κ2) is 6.41. The van der Waals surface area contributed by atoms with Crippen LogP contribution < -0.4 is 10.6 Å². The summed E-state index contributed by atoms with van der Waals surface area (Å²) in [6.45, 7) is 1.68. The van der Waals surface area contributed by atoms with Crippen molar-refractivity contribution in [2.75, 3.05) is 5.32 Å². The molecule has 0 saturated carbocycles. The molecule has 1 aromatic heterocycles. The Kier molecular flexibility index (Phi) is 4.59. The van der Waals surface area contributed by atoms with Gasteiger partial charge in [0.1, 0.15) is 6.04 Å². The lowest BCUT2D eigenvalue weighted by atomic mass is 10.2. The first-order chi connectivity index (χ1) is 10.0. The van der Waals surface area contributed by atoms with Crippen molar-refractivity contribution in [3.8, 4) is 0 Å². The Morgan fingerprint density at radius 3 is 2.81 bits per heavy atom. The number of urea groups is 1. The number of nitrogens with zero attached hydrogens (tertiary/aromatic N) is 1. The zero-order chi connectivity index (χ0) is 15.4. The quantitative estimate of drug-likeness (QED) is 0.810. The van der Waals surface area contributed by atoms with Crippen LogP contribution in [0.3, 0.4) is 0 Å². The highest BCUT2D eigenvalue weighted by atomic mass is 35.5. The van der Waals surface area contributed by atoms with E-state index in [0.29, 0.717) is 28.0 Å². The van der Waals surface area contributed by atoms with Crippen molar-refractivity contribution in [1.82, 2.24) is 10.3 Å². The van der Waals surface area contributed by atoms with Crippen molar-refractivity contribution in [2.24, 2.45) is 0 Å². The fourth-order valence-corrected chi connectivity index (χ4v) is 2.11. The number of aromatic nitrogens is 1. The number of carboxylic acid groups (broad SMARTS) is 1. The Balaban J connectivity index is 2.22. The number of hydrogen-bond donors (Lipinski definition) is 3. The smallest absolute Gasteiger partial charge is 0.326 e. The van der Waals surface area contributed by atoms with E-state index in [0.717, 1.165) is 0 Å². The predicted molar refractivity (Wildman–Crippen MR) is 80.6 cm³/mol. The van der Waals surface area contributed by atoms with E-state index in [1.165, 1.54) is 0 Å². The first-order valence-corrected chi connectivity index (χ1v) is 6.74. The number of carbonyl (C=O) groups is 2. The van der Waals surface area contributed by atoms with Crippen LogP contribution in [0.2, 0.25) is 5.02 Å². The van der Waals surface area contributed by atoms with E-state index in [1.54, 1.807) is 37.4 Å². The third-order valence-electron chi connectivity index (χ3n) is 2.98. The fourth-order valence-electron chi connectivity index (χ4n) is 1.89. The topological polar surface area (TPSA) is 91.3 Å². The summed E-state index contributed by atoms with van der Waals surface area (Å²) < 4.78 is 0. The molecule has 2 aromatic rings. The summed E-state index contributed by atoms with van der Waals surface area (Å²) in [7, 11) is 0. The average molecular weight is 308 g/mol. The van der Waals surface area contributed by atoms with E-state index < -0.39 is 18.0 Å². The number of fused-ring (bicyclic) bond motifs is 1. The Hall–Kier alpha value is -2.34. The van der Waals surface area contributed by atoms with Crippen molar-refractivity contribution in [3.05, 3.63) is 35.5 Å². The molecule has 2 rings (SSSR count). The summed E-state index contributed by atoms with van der Waals surface area (Å²) >= 11 is 6.07. The summed E-state index contributed by atoms with van der Waals surface area (Å²) in [6.07, 6.45) is 1.89. The molecule has 2 amide bonds. The normalized spacial score (nSPS) is 11.9. The summed E-state index contributed by atoms with van der Waals surface area (Å²) in [6, 6.07) is 5.28. The van der Waals surface area contributed by atoms with Crippen molar-refractivity contribution in [2.45, 2.75) is 19.4 Å². The molecule has 3 N–H and O–H groups in total. The molecule has 0 bridgehead atoms. The van der Waals surface area contributed by atoms with Crippen LogP contribution in [0.5, 0.6) is 0 Å². The van der Waals surface area contributed by atoms with E-state index in [4.69, 9.17) is 16.7 Å². The molecule has 1 heterocycles. The van der Waals surface area contributed by atoms with Gasteiger partial charge < -0.3 is 15.7 Å². The van der Waals surface area contributed by atoms with E-state index in [2.05, 4.69) is 15.6 Å². The molecule has 7 heteroatoms. The Morgan fingerprint density at radius 1 is 1.38 bits per heavy atom. The third-order valence-corrected chi connectivity index (χ3v) is 3.31. The van der Waals surface area contributed by atoms with Crippen LogP contribution in [0.25, 0.3) is 10.9 Å². The standard InChI is InChI=1S/C14H14ClN3O3/c1-2-10(13(19)20)17-14(21)18-11-6-5-9(15)8-4-3-7-16-12(8)11/h3-7,10H,2H2,1H3,(H,19,20)(H2,17,18,21)/t10-/m0/s1. The number of halogens is 1. The Bertz CT molecular complexity index is 690. The van der Waals surface area contributed by atoms with Gasteiger partial charge in [-0.25, -0.2) is 9.59 Å². The predicted octanol–water partition coefficient (Wildman–Crippen LogP) is 2.87. The number of amides is 2. The molecule has 0 fully saturated rings. The van der Waals surface area contributed by atoms with Crippen LogP contribution in [0, 0.1) is 0 Å². The molecule has 0 aliphatic rings. The fraction of sp³-hybridized carbons (Fsp3) is 0.214. The van der Waals surface area contributed by atoms with Gasteiger partial charge in [-0.1, -0.05) is 18.5 Å². The SMILES string of the molecule is CC[C@H](NC(=O)Nc1ccc(Cl)c2cccnc12)C(=O)O. The molecule has 0 radical (unpaired) electrons. The summed E-state index contributed by atoms with van der Waals surface area (Å²) in [5.41, 5.74) is 1.01. The first kappa shape index (κ1) is 15.1. The maximum Gasteiger partial charge on any atom is 0.326 e. The largest absolute Gasteiger partial charge is 0.480 e. The molecule has 1 aromatic carbocycles. The molecule has 21 heavy (non-hydrogen) atoms. The monoisotopic (exact) mass is 307 g/mol. The maximum atomic E-state index is 11.9. The van der Waals surface area contributed by atoms with Gasteiger partial charge in [0.25, 0.3) is 0 Å². The van der Waals surface area contributed by atoms with Gasteiger partial charge in [-0.3, -0.25) is 4.98 Å². The van der Waals surface area contributed by atoms with Crippen molar-refractivity contribution in [3.63, 3.8) is 0 Å². The highest BCUT2D eigenvalue weighted by molar-refractivity contribution is 6.35. The lowest BCUT2D eigenvalue weighted by Crippen LogP contribution is -2.42. The molecule has 0 aliphatic heterocycles. The zero-order valence-electron chi connectivity index (χ0n) is 11.3. The lowest BCUT2D eigenvalue weighted by molar-refractivity contribution is -0.139. The van der Waals surface area contributed by atoms with Gasteiger partial charge in [0.05, 0.1) is 16.2 Å². The molecule has 0 unspecified atom stereocenters. The summed E-state index contributed by atoms with van der Waals surface area (Å²) in [5, 5.41) is 15.1. The summed E-state index contributed by atoms with van der Waals surface area (Å²) in [5.74, 6) is -1.08. The number of hydrogen-bond acceptors (Lipinski definition) is 3. The summed E-state index contributed by atoms with van der Waals surface area (Å²) in [4.78, 5) is 27.0. The van der Waals surface area contributed by atoms with Crippen LogP contribution in [0.15, 0.2) is 30.5 Å². The van der Waals surface area contributed by atoms with Gasteiger partial charge in [-0.2, -0.15) is 0 Å². The van der Waals surface area contributed by atoms with E-state index in [9.17, 15) is 9.59 Å². The van der Waals surface area contributed by atoms with Crippen LogP contribution in [0.4, 0.5) is 10.5 Å². The molecule has 0 saturated heterocycles. The van der Waals surface area contributed by atoms with Gasteiger partial charge in [0.2, 0.25) is 0 Å². The van der Waals surface area contributed by atoms with Crippen LogP contribution in [-0.4, -0.2) is 28.1 Å². The number of carboxylic acids is 1. The van der Waals surface area contributed by atoms with Crippen molar-refractivity contribution >= 4 is 40.2 Å². The molecular formula is C14H14ClN3O3. The van der Waals surface area contributed by atoms with E-state index >= 15 is 0 Å². The molecule has 6 nitrogen and oxygen atoms in total. The minimum absolute atomic E-state index is 0.294. The second-order valence-electron chi connectivity index (χ2n) is 4.39. The minimum atomic E-state index is -1.08. The number of benzene rings is 1. The number of rotatable bonds is 4. The van der Waals surface area contributed by atoms with Gasteiger partial charge in [-0.15, -0.1) is 0 Å². The minimum Gasteiger partial charge on any atom is -0.480 e. The first-order valence-electron chi connectivity index (χ1n) is 6.36. The van der Waals surface area contributed by atoms with Crippen molar-refractivity contribution < 1.29 is 14.7 Å². The average Bonchev–Trinajstić information content (AvgIpc) is 2.47. The number of nitrogens with one attached hydrogen (secondary N) is 2. The van der Waals surface area contributed by atoms with Gasteiger partial charge in [0, 0.05) is 11.6 Å². The molecular weight excluding hydrogens is 294 g/mol. The Labute approximate surface area is 126 Å². The maximum absolute atomic E-state index is 11.9. The van der Waals surface area contributed by atoms with E-state index in [1.807, 2.05) is 0 Å². The number of pyridine rings is 1. The highest BCUT2D eigenvalue weighted by Gasteiger charge is 2.18. The van der Waals surface area contributed by atoms with Gasteiger partial charge >= 0.3 is 12.0 Å². The molecule has 1 atom stereocenters. The van der Waals surface area contributed by atoms with Gasteiger partial charge in [-0.05, 0) is 30.7 Å². The lowest BCUT2D eigenvalue weighted by Gasteiger charge is -2.14. The molecule has 0 aliphatic carbocycles. The zero-order valence-corrected chi connectivity index (χ0v) is 12.0. The second-order valence-corrected chi connectivity index (χ2v) is 4.80. The van der Waals surface area contributed by atoms with Crippen molar-refractivity contribution in [1.29, 1.82) is 0 Å². The molecule has 110 valence electrons.